The number of nitrogens with zero attached hydrogens (tertiary/aromatic N) is 2. The molecule has 3 aromatic carbocycles. The molecule has 1 aliphatic heterocycles. The van der Waals surface area contributed by atoms with Crippen molar-refractivity contribution >= 4 is 38.9 Å². The molecule has 0 N–H and O–H groups in total. The lowest BCUT2D eigenvalue weighted by atomic mass is 9.98. The van der Waals surface area contributed by atoms with Gasteiger partial charge in [-0.15, -0.1) is 0 Å². The van der Waals surface area contributed by atoms with Gasteiger partial charge in [0, 0.05) is 15.9 Å². The third kappa shape index (κ3) is 3.80. The van der Waals surface area contributed by atoms with Crippen molar-refractivity contribution in [1.82, 2.24) is 0 Å². The number of benzene rings is 3. The van der Waals surface area contributed by atoms with Crippen molar-refractivity contribution in [2.45, 2.75) is 26.3 Å². The second-order valence-electron chi connectivity index (χ2n) is 6.96. The Labute approximate surface area is 173 Å². The van der Waals surface area contributed by atoms with Crippen LogP contribution in [0.5, 0.6) is 0 Å². The molecule has 0 unspecified atom stereocenters. The third-order valence-corrected chi connectivity index (χ3v) is 5.72. The largest absolute Gasteiger partial charge is 0.257 e. The van der Waals surface area contributed by atoms with Crippen molar-refractivity contribution in [1.29, 1.82) is 0 Å². The Morgan fingerprint density at radius 2 is 1.67 bits per heavy atom. The fraction of sp³-hybridized carbons (Fsp3) is 0.174. The number of hydrogen-bond donors (Lipinski definition) is 0. The molecule has 3 aromatic rings. The van der Waals surface area contributed by atoms with Gasteiger partial charge in [0.05, 0.1) is 17.4 Å². The highest BCUT2D eigenvalue weighted by Crippen LogP contribution is 2.38. The van der Waals surface area contributed by atoms with Crippen LogP contribution in [-0.4, -0.2) is 5.71 Å². The highest BCUT2D eigenvalue weighted by atomic mass is 79.9. The van der Waals surface area contributed by atoms with Crippen LogP contribution in [0.4, 0.5) is 5.69 Å². The lowest BCUT2D eigenvalue weighted by molar-refractivity contribution is 0.706. The number of halogens is 2. The molecule has 2 nitrogen and oxygen atoms in total. The Bertz CT molecular complexity index is 994. The first-order chi connectivity index (χ1) is 13.0. The number of hydrazone groups is 1. The maximum Gasteiger partial charge on any atom is 0.0831 e. The fourth-order valence-corrected chi connectivity index (χ4v) is 3.95. The van der Waals surface area contributed by atoms with Gasteiger partial charge in [0.1, 0.15) is 0 Å². The van der Waals surface area contributed by atoms with Crippen molar-refractivity contribution in [3.63, 3.8) is 0 Å². The second kappa shape index (κ2) is 7.49. The molecule has 1 atom stereocenters. The maximum atomic E-state index is 6.06. The van der Waals surface area contributed by atoms with Crippen LogP contribution in [0, 0.1) is 13.8 Å². The van der Waals surface area contributed by atoms with Gasteiger partial charge in [-0.05, 0) is 60.9 Å². The summed E-state index contributed by atoms with van der Waals surface area (Å²) >= 11 is 9.60. The lowest BCUT2D eigenvalue weighted by Crippen LogP contribution is -2.19. The molecule has 1 heterocycles. The van der Waals surface area contributed by atoms with Gasteiger partial charge in [-0.1, -0.05) is 69.5 Å². The van der Waals surface area contributed by atoms with Gasteiger partial charge in [-0.25, -0.2) is 0 Å². The van der Waals surface area contributed by atoms with Crippen LogP contribution >= 0.6 is 27.5 Å². The Morgan fingerprint density at radius 1 is 0.963 bits per heavy atom. The van der Waals surface area contributed by atoms with E-state index in [9.17, 15) is 0 Å². The fourth-order valence-electron chi connectivity index (χ4n) is 3.56. The first-order valence-electron chi connectivity index (χ1n) is 8.96. The molecule has 0 aliphatic carbocycles. The van der Waals surface area contributed by atoms with Crippen LogP contribution < -0.4 is 5.01 Å². The zero-order valence-corrected chi connectivity index (χ0v) is 17.6. The Kier molecular flexibility index (Phi) is 5.07. The predicted octanol–water partition coefficient (Wildman–Crippen LogP) is 7.08. The summed E-state index contributed by atoms with van der Waals surface area (Å²) in [4.78, 5) is 0. The standard InChI is InChI=1S/C23H20BrClN2/c1-15-3-12-22(16(2)13-15)27-23(18-4-8-19(24)9-5-18)14-21(26-27)17-6-10-20(25)11-7-17/h3-13,23H,14H2,1-2H3/t23-/m0/s1. The van der Waals surface area contributed by atoms with E-state index >= 15 is 0 Å². The Hall–Kier alpha value is -2.10. The molecule has 4 rings (SSSR count). The molecule has 0 saturated carbocycles. The molecule has 1 aliphatic rings. The van der Waals surface area contributed by atoms with E-state index in [2.05, 4.69) is 77.3 Å². The highest BCUT2D eigenvalue weighted by Gasteiger charge is 2.30. The molecule has 0 amide bonds. The summed E-state index contributed by atoms with van der Waals surface area (Å²) in [7, 11) is 0. The zero-order valence-electron chi connectivity index (χ0n) is 15.3. The molecule has 0 fully saturated rings. The minimum absolute atomic E-state index is 0.171. The minimum Gasteiger partial charge on any atom is -0.257 e. The van der Waals surface area contributed by atoms with E-state index in [1.54, 1.807) is 0 Å². The van der Waals surface area contributed by atoms with Gasteiger partial charge in [0.2, 0.25) is 0 Å². The smallest absolute Gasteiger partial charge is 0.0831 e. The van der Waals surface area contributed by atoms with Crippen molar-refractivity contribution in [3.05, 3.63) is 98.5 Å². The van der Waals surface area contributed by atoms with Crippen molar-refractivity contribution < 1.29 is 0 Å². The molecule has 27 heavy (non-hydrogen) atoms. The van der Waals surface area contributed by atoms with Gasteiger partial charge < -0.3 is 0 Å². The van der Waals surface area contributed by atoms with Crippen LogP contribution in [0.1, 0.15) is 34.7 Å². The Morgan fingerprint density at radius 3 is 2.33 bits per heavy atom. The average molecular weight is 440 g/mol. The monoisotopic (exact) mass is 438 g/mol. The Balaban J connectivity index is 1.78. The molecule has 0 bridgehead atoms. The molecule has 0 aromatic heterocycles. The summed E-state index contributed by atoms with van der Waals surface area (Å²) in [6, 6.07) is 23.2. The van der Waals surface area contributed by atoms with Crippen LogP contribution in [0.25, 0.3) is 0 Å². The maximum absolute atomic E-state index is 6.06. The van der Waals surface area contributed by atoms with Crippen molar-refractivity contribution in [3.8, 4) is 0 Å². The van der Waals surface area contributed by atoms with Gasteiger partial charge in [-0.2, -0.15) is 5.10 Å². The van der Waals surface area contributed by atoms with Gasteiger partial charge >= 0.3 is 0 Å². The van der Waals surface area contributed by atoms with E-state index in [-0.39, 0.29) is 6.04 Å². The molecule has 0 saturated heterocycles. The summed E-state index contributed by atoms with van der Waals surface area (Å²) in [6.07, 6.45) is 0.858. The number of rotatable bonds is 3. The molecule has 136 valence electrons. The van der Waals surface area contributed by atoms with E-state index in [1.807, 2.05) is 24.3 Å². The molecule has 0 radical (unpaired) electrons. The van der Waals surface area contributed by atoms with E-state index in [0.29, 0.717) is 0 Å². The van der Waals surface area contributed by atoms with Crippen LogP contribution in [0.2, 0.25) is 5.02 Å². The summed E-state index contributed by atoms with van der Waals surface area (Å²) < 4.78 is 1.08. The summed E-state index contributed by atoms with van der Waals surface area (Å²) in [5.74, 6) is 0. The van der Waals surface area contributed by atoms with Gasteiger partial charge in [-0.3, -0.25) is 5.01 Å². The normalized spacial score (nSPS) is 16.5. The lowest BCUT2D eigenvalue weighted by Gasteiger charge is -2.25. The highest BCUT2D eigenvalue weighted by molar-refractivity contribution is 9.10. The number of anilines is 1. The first kappa shape index (κ1) is 18.3. The summed E-state index contributed by atoms with van der Waals surface area (Å²) in [5, 5.41) is 7.94. The van der Waals surface area contributed by atoms with E-state index in [4.69, 9.17) is 16.7 Å². The van der Waals surface area contributed by atoms with E-state index < -0.39 is 0 Å². The van der Waals surface area contributed by atoms with Crippen LogP contribution in [0.3, 0.4) is 0 Å². The predicted molar refractivity (Wildman–Crippen MR) is 118 cm³/mol. The minimum atomic E-state index is 0.171. The quantitative estimate of drug-likeness (QED) is 0.426. The summed E-state index contributed by atoms with van der Waals surface area (Å²) in [5.41, 5.74) is 7.10. The van der Waals surface area contributed by atoms with Crippen molar-refractivity contribution in [2.24, 2.45) is 5.10 Å². The zero-order chi connectivity index (χ0) is 19.0. The molecule has 4 heteroatoms. The average Bonchev–Trinajstić information content (AvgIpc) is 3.08. The second-order valence-corrected chi connectivity index (χ2v) is 8.31. The first-order valence-corrected chi connectivity index (χ1v) is 10.1. The SMILES string of the molecule is Cc1ccc(N2N=C(c3ccc(Cl)cc3)C[C@H]2c2ccc(Br)cc2)c(C)c1. The van der Waals surface area contributed by atoms with E-state index in [0.717, 1.165) is 32.9 Å². The molecule has 0 spiro atoms. The number of hydrogen-bond acceptors (Lipinski definition) is 2. The number of aryl methyl sites for hydroxylation is 2. The summed E-state index contributed by atoms with van der Waals surface area (Å²) in [6.45, 7) is 4.27. The molecular weight excluding hydrogens is 420 g/mol. The van der Waals surface area contributed by atoms with E-state index in [1.165, 1.54) is 16.7 Å². The van der Waals surface area contributed by atoms with Crippen molar-refractivity contribution in [2.75, 3.05) is 5.01 Å². The topological polar surface area (TPSA) is 15.6 Å². The van der Waals surface area contributed by atoms with Crippen LogP contribution in [0.15, 0.2) is 76.3 Å². The van der Waals surface area contributed by atoms with Crippen LogP contribution in [-0.2, 0) is 0 Å². The molecular formula is C23H20BrClN2. The third-order valence-electron chi connectivity index (χ3n) is 4.94. The van der Waals surface area contributed by atoms with Gasteiger partial charge in [0.15, 0.2) is 0 Å². The van der Waals surface area contributed by atoms with Gasteiger partial charge in [0.25, 0.3) is 0 Å².